The maximum atomic E-state index is 12.8. The molecule has 5 heteroatoms. The molecule has 0 saturated carbocycles. The number of morpholine rings is 1. The normalized spacial score (nSPS) is 18.1. The number of amides is 1. The van der Waals surface area contributed by atoms with E-state index < -0.39 is 0 Å². The minimum absolute atomic E-state index is 0.0107. The van der Waals surface area contributed by atoms with Crippen molar-refractivity contribution in [3.8, 4) is 0 Å². The summed E-state index contributed by atoms with van der Waals surface area (Å²) in [4.78, 5) is 16.5. The average Bonchev–Trinajstić information content (AvgIpc) is 3.16. The fourth-order valence-corrected chi connectivity index (χ4v) is 4.51. The van der Waals surface area contributed by atoms with E-state index in [0.29, 0.717) is 5.56 Å². The van der Waals surface area contributed by atoms with Crippen LogP contribution in [0.2, 0.25) is 0 Å². The van der Waals surface area contributed by atoms with Crippen LogP contribution >= 0.6 is 11.3 Å². The highest BCUT2D eigenvalue weighted by Gasteiger charge is 2.29. The van der Waals surface area contributed by atoms with E-state index in [1.807, 2.05) is 12.1 Å². The van der Waals surface area contributed by atoms with Crippen LogP contribution < -0.4 is 5.32 Å². The third-order valence-corrected chi connectivity index (χ3v) is 6.06. The van der Waals surface area contributed by atoms with Crippen LogP contribution in [0.1, 0.15) is 54.5 Å². The monoisotopic (exact) mass is 386 g/mol. The molecular weight excluding hydrogens is 356 g/mol. The molecule has 1 aromatic carbocycles. The Kier molecular flexibility index (Phi) is 6.35. The number of carbonyl (C=O) groups is 1. The second kappa shape index (κ2) is 8.55. The maximum Gasteiger partial charge on any atom is 0.251 e. The van der Waals surface area contributed by atoms with Crippen molar-refractivity contribution in [2.45, 2.75) is 45.2 Å². The molecule has 0 radical (unpaired) electrons. The quantitative estimate of drug-likeness (QED) is 0.836. The molecule has 3 rings (SSSR count). The van der Waals surface area contributed by atoms with Gasteiger partial charge in [-0.15, -0.1) is 11.3 Å². The number of carbonyl (C=O) groups excluding carboxylic acids is 1. The molecule has 0 aliphatic carbocycles. The van der Waals surface area contributed by atoms with Crippen molar-refractivity contribution in [2.24, 2.45) is 0 Å². The van der Waals surface area contributed by atoms with E-state index in [-0.39, 0.29) is 23.4 Å². The van der Waals surface area contributed by atoms with Crippen LogP contribution in [0.5, 0.6) is 0 Å². The number of nitrogens with zero attached hydrogens (tertiary/aromatic N) is 1. The van der Waals surface area contributed by atoms with Gasteiger partial charge in [0.05, 0.1) is 19.3 Å². The summed E-state index contributed by atoms with van der Waals surface area (Å²) in [5, 5.41) is 5.33. The molecule has 2 aromatic rings. The topological polar surface area (TPSA) is 41.6 Å². The van der Waals surface area contributed by atoms with E-state index in [4.69, 9.17) is 4.74 Å². The van der Waals surface area contributed by atoms with Gasteiger partial charge in [0, 0.05) is 29.6 Å². The van der Waals surface area contributed by atoms with Crippen LogP contribution in [0, 0.1) is 0 Å². The molecular formula is C22H30N2O2S. The molecule has 27 heavy (non-hydrogen) atoms. The smallest absolute Gasteiger partial charge is 0.251 e. The van der Waals surface area contributed by atoms with Crippen LogP contribution in [-0.2, 0) is 10.2 Å². The van der Waals surface area contributed by atoms with E-state index in [1.54, 1.807) is 11.3 Å². The summed E-state index contributed by atoms with van der Waals surface area (Å²) in [6.45, 7) is 11.9. The highest BCUT2D eigenvalue weighted by Crippen LogP contribution is 2.29. The van der Waals surface area contributed by atoms with Crippen LogP contribution in [0.4, 0.5) is 0 Å². The second-order valence-corrected chi connectivity index (χ2v) is 9.18. The van der Waals surface area contributed by atoms with Gasteiger partial charge in [-0.1, -0.05) is 39.0 Å². The van der Waals surface area contributed by atoms with Gasteiger partial charge < -0.3 is 10.1 Å². The SMILES string of the molecule is C[C@@H](NC(=O)c1ccc(C(C)(C)C)cc1)[C@@H](c1cccs1)N1CCOCC1. The van der Waals surface area contributed by atoms with Gasteiger partial charge in [-0.2, -0.15) is 0 Å². The second-order valence-electron chi connectivity index (χ2n) is 8.20. The van der Waals surface area contributed by atoms with Crippen molar-refractivity contribution in [3.05, 3.63) is 57.8 Å². The Balaban J connectivity index is 1.72. The molecule has 1 aromatic heterocycles. The molecule has 146 valence electrons. The predicted octanol–water partition coefficient (Wildman–Crippen LogP) is 4.24. The Bertz CT molecular complexity index is 729. The van der Waals surface area contributed by atoms with Gasteiger partial charge in [-0.3, -0.25) is 9.69 Å². The molecule has 2 heterocycles. The number of hydrogen-bond donors (Lipinski definition) is 1. The minimum Gasteiger partial charge on any atom is -0.379 e. The van der Waals surface area contributed by atoms with Gasteiger partial charge >= 0.3 is 0 Å². The molecule has 1 N–H and O–H groups in total. The summed E-state index contributed by atoms with van der Waals surface area (Å²) < 4.78 is 5.51. The zero-order valence-electron chi connectivity index (χ0n) is 16.7. The van der Waals surface area contributed by atoms with Crippen molar-refractivity contribution in [2.75, 3.05) is 26.3 Å². The first-order chi connectivity index (χ1) is 12.9. The number of thiophene rings is 1. The van der Waals surface area contributed by atoms with Crippen molar-refractivity contribution in [3.63, 3.8) is 0 Å². The molecule has 1 aliphatic rings. The molecule has 2 atom stereocenters. The van der Waals surface area contributed by atoms with Gasteiger partial charge in [0.2, 0.25) is 0 Å². The molecule has 1 saturated heterocycles. The van der Waals surface area contributed by atoms with E-state index in [2.05, 4.69) is 67.6 Å². The fourth-order valence-electron chi connectivity index (χ4n) is 3.55. The van der Waals surface area contributed by atoms with Gasteiger partial charge in [0.15, 0.2) is 0 Å². The van der Waals surface area contributed by atoms with Crippen molar-refractivity contribution < 1.29 is 9.53 Å². The molecule has 1 fully saturated rings. The maximum absolute atomic E-state index is 12.8. The van der Waals surface area contributed by atoms with Crippen molar-refractivity contribution in [1.82, 2.24) is 10.2 Å². The third kappa shape index (κ3) is 4.98. The third-order valence-electron chi connectivity index (χ3n) is 5.12. The Morgan fingerprint density at radius 3 is 2.37 bits per heavy atom. The summed E-state index contributed by atoms with van der Waals surface area (Å²) in [6.07, 6.45) is 0. The first kappa shape index (κ1) is 20.1. The highest BCUT2D eigenvalue weighted by atomic mass is 32.1. The molecule has 0 unspecified atom stereocenters. The van der Waals surface area contributed by atoms with Crippen LogP contribution in [-0.4, -0.2) is 43.2 Å². The molecule has 0 bridgehead atoms. The van der Waals surface area contributed by atoms with E-state index >= 15 is 0 Å². The molecule has 1 amide bonds. The number of ether oxygens (including phenoxy) is 1. The first-order valence-electron chi connectivity index (χ1n) is 9.63. The van der Waals surface area contributed by atoms with E-state index in [1.165, 1.54) is 10.4 Å². The van der Waals surface area contributed by atoms with Crippen LogP contribution in [0.25, 0.3) is 0 Å². The Morgan fingerprint density at radius 2 is 1.81 bits per heavy atom. The Labute approximate surface area is 166 Å². The standard InChI is InChI=1S/C22H30N2O2S/c1-16(20(19-6-5-15-27-19)24-11-13-26-14-12-24)23-21(25)17-7-9-18(10-8-17)22(2,3)4/h5-10,15-16,20H,11-14H2,1-4H3,(H,23,25)/t16-,20+/m1/s1. The highest BCUT2D eigenvalue weighted by molar-refractivity contribution is 7.10. The van der Waals surface area contributed by atoms with Crippen LogP contribution in [0.3, 0.4) is 0 Å². The average molecular weight is 387 g/mol. The summed E-state index contributed by atoms with van der Waals surface area (Å²) in [5.74, 6) is -0.0159. The lowest BCUT2D eigenvalue weighted by Gasteiger charge is -2.37. The summed E-state index contributed by atoms with van der Waals surface area (Å²) in [5.41, 5.74) is 2.03. The number of rotatable bonds is 5. The Morgan fingerprint density at radius 1 is 1.15 bits per heavy atom. The zero-order chi connectivity index (χ0) is 19.4. The van der Waals surface area contributed by atoms with Gasteiger partial charge in [-0.05, 0) is 41.5 Å². The van der Waals surface area contributed by atoms with E-state index in [9.17, 15) is 4.79 Å². The summed E-state index contributed by atoms with van der Waals surface area (Å²) >= 11 is 1.75. The van der Waals surface area contributed by atoms with Gasteiger partial charge in [0.25, 0.3) is 5.91 Å². The summed E-state index contributed by atoms with van der Waals surface area (Å²) in [6, 6.07) is 12.4. The predicted molar refractivity (Wildman–Crippen MR) is 112 cm³/mol. The van der Waals surface area contributed by atoms with Crippen LogP contribution in [0.15, 0.2) is 41.8 Å². The first-order valence-corrected chi connectivity index (χ1v) is 10.5. The lowest BCUT2D eigenvalue weighted by molar-refractivity contribution is 0.00969. The molecule has 4 nitrogen and oxygen atoms in total. The minimum atomic E-state index is -0.0159. The van der Waals surface area contributed by atoms with E-state index in [0.717, 1.165) is 26.3 Å². The molecule has 0 spiro atoms. The molecule has 1 aliphatic heterocycles. The Hall–Kier alpha value is -1.69. The number of nitrogens with one attached hydrogen (secondary N) is 1. The van der Waals surface area contributed by atoms with Crippen molar-refractivity contribution in [1.29, 1.82) is 0 Å². The largest absolute Gasteiger partial charge is 0.379 e. The number of benzene rings is 1. The van der Waals surface area contributed by atoms with Crippen molar-refractivity contribution >= 4 is 17.2 Å². The number of hydrogen-bond acceptors (Lipinski definition) is 4. The fraction of sp³-hybridized carbons (Fsp3) is 0.500. The summed E-state index contributed by atoms with van der Waals surface area (Å²) in [7, 11) is 0. The van der Waals surface area contributed by atoms with Gasteiger partial charge in [-0.25, -0.2) is 0 Å². The van der Waals surface area contributed by atoms with Gasteiger partial charge in [0.1, 0.15) is 0 Å². The zero-order valence-corrected chi connectivity index (χ0v) is 17.5. The lowest BCUT2D eigenvalue weighted by atomic mass is 9.86. The lowest BCUT2D eigenvalue weighted by Crippen LogP contribution is -2.48.